The van der Waals surface area contributed by atoms with E-state index in [0.717, 1.165) is 11.1 Å². The molecular weight excluding hydrogens is 466 g/mol. The van der Waals surface area contributed by atoms with Gasteiger partial charge in [0.25, 0.3) is 0 Å². The molecule has 0 saturated heterocycles. The molecule has 3 aromatic rings. The molecule has 35 heavy (non-hydrogen) atoms. The summed E-state index contributed by atoms with van der Waals surface area (Å²) in [5.41, 5.74) is 4.47. The molecule has 180 valence electrons. The van der Waals surface area contributed by atoms with Gasteiger partial charge in [-0.3, -0.25) is 9.59 Å². The smallest absolute Gasteiger partial charge is 0.407 e. The first-order valence-corrected chi connectivity index (χ1v) is 12.4. The second-order valence-corrected chi connectivity index (χ2v) is 9.89. The van der Waals surface area contributed by atoms with Crippen LogP contribution in [0.15, 0.2) is 53.9 Å². The van der Waals surface area contributed by atoms with E-state index in [-0.39, 0.29) is 37.9 Å². The Bertz CT molecular complexity index is 1240. The van der Waals surface area contributed by atoms with Crippen LogP contribution >= 0.6 is 11.3 Å². The average molecular weight is 492 g/mol. The first-order valence-electron chi connectivity index (χ1n) is 11.5. The van der Waals surface area contributed by atoms with Gasteiger partial charge < -0.3 is 20.5 Å². The van der Waals surface area contributed by atoms with E-state index in [4.69, 9.17) is 9.84 Å². The maximum atomic E-state index is 12.7. The molecule has 2 aliphatic carbocycles. The van der Waals surface area contributed by atoms with Crippen LogP contribution in [0.5, 0.6) is 0 Å². The van der Waals surface area contributed by atoms with Crippen molar-refractivity contribution in [3.63, 3.8) is 0 Å². The molecule has 0 aliphatic heterocycles. The number of amides is 2. The molecule has 2 aromatic carbocycles. The number of hydrogen-bond acceptors (Lipinski definition) is 6. The third-order valence-electron chi connectivity index (χ3n) is 6.58. The average Bonchev–Trinajstić information content (AvgIpc) is 3.42. The van der Waals surface area contributed by atoms with Crippen LogP contribution in [0, 0.1) is 5.41 Å². The number of benzene rings is 2. The summed E-state index contributed by atoms with van der Waals surface area (Å²) in [5, 5.41) is 16.8. The van der Waals surface area contributed by atoms with Crippen molar-refractivity contribution in [2.75, 3.05) is 13.2 Å². The van der Waals surface area contributed by atoms with Gasteiger partial charge >= 0.3 is 12.1 Å². The number of alkyl carbamates (subject to hydrolysis) is 1. The van der Waals surface area contributed by atoms with Crippen molar-refractivity contribution < 1.29 is 24.2 Å². The standard InChI is InChI=1S/C26H25N3O5S/c30-23(31)11-16-14-35-22(29-16)12-27-24(32)26(9-10-26)15-28-25(33)34-13-21-19-7-3-1-5-17(19)18-6-2-4-8-20(18)21/h1-8,14,21H,9-13,15H2,(H,27,32)(H,28,33)(H,30,31). The van der Waals surface area contributed by atoms with Gasteiger partial charge in [-0.1, -0.05) is 48.5 Å². The lowest BCUT2D eigenvalue weighted by molar-refractivity contribution is -0.136. The summed E-state index contributed by atoms with van der Waals surface area (Å²) in [4.78, 5) is 40.2. The van der Waals surface area contributed by atoms with Crippen LogP contribution in [-0.4, -0.2) is 41.2 Å². The number of aliphatic carboxylic acids is 1. The van der Waals surface area contributed by atoms with Crippen molar-refractivity contribution in [3.05, 3.63) is 75.7 Å². The third kappa shape index (κ3) is 4.90. The number of fused-ring (bicyclic) bond motifs is 3. The number of carbonyl (C=O) groups is 3. The van der Waals surface area contributed by atoms with E-state index >= 15 is 0 Å². The largest absolute Gasteiger partial charge is 0.481 e. The number of nitrogens with one attached hydrogen (secondary N) is 2. The molecule has 1 fully saturated rings. The van der Waals surface area contributed by atoms with Gasteiger partial charge in [0.05, 0.1) is 24.1 Å². The molecule has 9 heteroatoms. The molecule has 2 aliphatic rings. The number of nitrogens with zero attached hydrogens (tertiary/aromatic N) is 1. The Labute approximate surface area is 206 Å². The van der Waals surface area contributed by atoms with Gasteiger partial charge in [-0.2, -0.15) is 0 Å². The number of rotatable bonds is 9. The highest BCUT2D eigenvalue weighted by molar-refractivity contribution is 7.09. The second kappa shape index (κ2) is 9.50. The van der Waals surface area contributed by atoms with Gasteiger partial charge in [-0.25, -0.2) is 9.78 Å². The minimum absolute atomic E-state index is 0.0179. The minimum Gasteiger partial charge on any atom is -0.481 e. The number of ether oxygens (including phenoxy) is 1. The Morgan fingerprint density at radius 2 is 1.69 bits per heavy atom. The highest BCUT2D eigenvalue weighted by atomic mass is 32.1. The van der Waals surface area contributed by atoms with Crippen LogP contribution in [0.2, 0.25) is 0 Å². The molecule has 1 aromatic heterocycles. The zero-order valence-electron chi connectivity index (χ0n) is 19.0. The Kier molecular flexibility index (Phi) is 6.25. The predicted molar refractivity (Wildman–Crippen MR) is 130 cm³/mol. The van der Waals surface area contributed by atoms with Crippen LogP contribution in [0.4, 0.5) is 4.79 Å². The highest BCUT2D eigenvalue weighted by Crippen LogP contribution is 2.46. The molecule has 3 N–H and O–H groups in total. The SMILES string of the molecule is O=C(O)Cc1csc(CNC(=O)C2(CNC(=O)OCC3c4ccccc4-c4ccccc43)CC2)n1. The van der Waals surface area contributed by atoms with E-state index in [9.17, 15) is 14.4 Å². The maximum Gasteiger partial charge on any atom is 0.407 e. The zero-order chi connectivity index (χ0) is 24.4. The summed E-state index contributed by atoms with van der Waals surface area (Å²) in [6, 6.07) is 16.3. The van der Waals surface area contributed by atoms with Crippen LogP contribution < -0.4 is 10.6 Å². The molecule has 2 amide bonds. The van der Waals surface area contributed by atoms with Gasteiger partial charge in [0, 0.05) is 17.8 Å². The quantitative estimate of drug-likeness (QED) is 0.420. The van der Waals surface area contributed by atoms with Gasteiger partial charge in [0.2, 0.25) is 5.91 Å². The van der Waals surface area contributed by atoms with Gasteiger partial charge in [0.1, 0.15) is 11.6 Å². The van der Waals surface area contributed by atoms with Crippen molar-refractivity contribution >= 4 is 29.3 Å². The highest BCUT2D eigenvalue weighted by Gasteiger charge is 2.50. The lowest BCUT2D eigenvalue weighted by Crippen LogP contribution is -2.40. The van der Waals surface area contributed by atoms with Crippen molar-refractivity contribution in [1.29, 1.82) is 0 Å². The van der Waals surface area contributed by atoms with Gasteiger partial charge in [-0.15, -0.1) is 11.3 Å². The fourth-order valence-corrected chi connectivity index (χ4v) is 5.27. The van der Waals surface area contributed by atoms with Crippen LogP contribution in [0.25, 0.3) is 11.1 Å². The Morgan fingerprint density at radius 3 is 2.31 bits per heavy atom. The topological polar surface area (TPSA) is 118 Å². The molecule has 1 saturated carbocycles. The van der Waals surface area contributed by atoms with Crippen molar-refractivity contribution in [2.45, 2.75) is 31.7 Å². The summed E-state index contributed by atoms with van der Waals surface area (Å²) in [5.74, 6) is -1.11. The molecule has 5 rings (SSSR count). The summed E-state index contributed by atoms with van der Waals surface area (Å²) < 4.78 is 5.57. The van der Waals surface area contributed by atoms with E-state index in [1.165, 1.54) is 22.5 Å². The Balaban J connectivity index is 1.11. The molecule has 0 unspecified atom stereocenters. The van der Waals surface area contributed by atoms with Crippen molar-refractivity contribution in [1.82, 2.24) is 15.6 Å². The Hall–Kier alpha value is -3.72. The summed E-state index contributed by atoms with van der Waals surface area (Å²) in [7, 11) is 0. The minimum atomic E-state index is -0.942. The normalized spacial score (nSPS) is 15.1. The Morgan fingerprint density at radius 1 is 1.03 bits per heavy atom. The van der Waals surface area contributed by atoms with E-state index in [2.05, 4.69) is 39.9 Å². The van der Waals surface area contributed by atoms with E-state index in [0.29, 0.717) is 23.5 Å². The molecule has 0 bridgehead atoms. The molecule has 0 radical (unpaired) electrons. The first kappa shape index (κ1) is 23.0. The van der Waals surface area contributed by atoms with Crippen LogP contribution in [0.1, 0.15) is 40.6 Å². The van der Waals surface area contributed by atoms with Crippen molar-refractivity contribution in [3.8, 4) is 11.1 Å². The molecule has 8 nitrogen and oxygen atoms in total. The predicted octanol–water partition coefficient (Wildman–Crippen LogP) is 3.71. The zero-order valence-corrected chi connectivity index (χ0v) is 19.8. The third-order valence-corrected chi connectivity index (χ3v) is 7.48. The molecular formula is C26H25N3O5S. The fraction of sp³-hybridized carbons (Fsp3) is 0.308. The van der Waals surface area contributed by atoms with Gasteiger partial charge in [-0.05, 0) is 35.1 Å². The summed E-state index contributed by atoms with van der Waals surface area (Å²) in [6.07, 6.45) is 0.692. The number of hydrogen-bond donors (Lipinski definition) is 3. The molecule has 0 spiro atoms. The monoisotopic (exact) mass is 491 g/mol. The molecule has 0 atom stereocenters. The van der Waals surface area contributed by atoms with Gasteiger partial charge in [0.15, 0.2) is 0 Å². The van der Waals surface area contributed by atoms with E-state index < -0.39 is 17.5 Å². The number of aromatic nitrogens is 1. The molecule has 1 heterocycles. The number of thiazole rings is 1. The number of carboxylic acid groups (broad SMARTS) is 1. The lowest BCUT2D eigenvalue weighted by atomic mass is 9.98. The second-order valence-electron chi connectivity index (χ2n) is 8.95. The fourth-order valence-electron chi connectivity index (χ4n) is 4.54. The number of carboxylic acids is 1. The van der Waals surface area contributed by atoms with Crippen molar-refractivity contribution in [2.24, 2.45) is 5.41 Å². The van der Waals surface area contributed by atoms with Crippen LogP contribution in [-0.2, 0) is 27.3 Å². The maximum absolute atomic E-state index is 12.7. The lowest BCUT2D eigenvalue weighted by Gasteiger charge is -2.17. The summed E-state index contributed by atoms with van der Waals surface area (Å²) >= 11 is 1.31. The van der Waals surface area contributed by atoms with Crippen LogP contribution in [0.3, 0.4) is 0 Å². The number of carbonyl (C=O) groups excluding carboxylic acids is 2. The summed E-state index contributed by atoms with van der Waals surface area (Å²) in [6.45, 7) is 0.662. The van der Waals surface area contributed by atoms with E-state index in [1.807, 2.05) is 24.3 Å². The van der Waals surface area contributed by atoms with E-state index in [1.54, 1.807) is 5.38 Å². The first-order chi connectivity index (χ1) is 16.9.